The summed E-state index contributed by atoms with van der Waals surface area (Å²) in [6, 6.07) is 4.14. The zero-order chi connectivity index (χ0) is 14.2. The van der Waals surface area contributed by atoms with Gasteiger partial charge in [0, 0.05) is 5.41 Å². The number of hydrogen-bond donors (Lipinski definition) is 2. The molecule has 1 fully saturated rings. The summed E-state index contributed by atoms with van der Waals surface area (Å²) >= 11 is 0. The lowest BCUT2D eigenvalue weighted by molar-refractivity contribution is 0.0815. The van der Waals surface area contributed by atoms with E-state index in [4.69, 9.17) is 9.47 Å². The molecule has 3 aliphatic carbocycles. The number of rotatable bonds is 0. The second-order valence-electron chi connectivity index (χ2n) is 6.78. The topological polar surface area (TPSA) is 58.9 Å². The van der Waals surface area contributed by atoms with Gasteiger partial charge in [0.05, 0.1) is 12.2 Å². The molecule has 0 saturated heterocycles. The van der Waals surface area contributed by atoms with Crippen molar-refractivity contribution in [2.75, 3.05) is 6.79 Å². The molecule has 1 saturated carbocycles. The van der Waals surface area contributed by atoms with Gasteiger partial charge in [0.1, 0.15) is 0 Å². The molecule has 5 rings (SSSR count). The maximum atomic E-state index is 10.8. The van der Waals surface area contributed by atoms with E-state index in [-0.39, 0.29) is 24.4 Å². The summed E-state index contributed by atoms with van der Waals surface area (Å²) in [5.74, 6) is 2.35. The second-order valence-corrected chi connectivity index (χ2v) is 6.78. The Kier molecular flexibility index (Phi) is 2.19. The van der Waals surface area contributed by atoms with Crippen LogP contribution in [0.25, 0.3) is 0 Å². The molecule has 110 valence electrons. The molecule has 4 heteroatoms. The standard InChI is InChI=1S/C17H18O4/c18-11-1-2-17-12(6-11)10(5-16(17)19)3-9-4-14-15(7-13(9)17)21-8-20-14/h1-2,4,7,10-12,16,18-19H,3,5-6,8H2. The fourth-order valence-electron chi connectivity index (χ4n) is 5.05. The van der Waals surface area contributed by atoms with E-state index in [1.807, 2.05) is 6.08 Å². The Morgan fingerprint density at radius 3 is 2.76 bits per heavy atom. The maximum Gasteiger partial charge on any atom is 0.231 e. The van der Waals surface area contributed by atoms with E-state index in [1.54, 1.807) is 0 Å². The van der Waals surface area contributed by atoms with E-state index in [0.29, 0.717) is 11.8 Å². The molecule has 1 aromatic carbocycles. The molecule has 2 bridgehead atoms. The van der Waals surface area contributed by atoms with E-state index >= 15 is 0 Å². The predicted molar refractivity (Wildman–Crippen MR) is 75.3 cm³/mol. The SMILES string of the molecule is OC1C=CC23c4cc5c(cc4CC(CC2O)C3C1)OCO5. The van der Waals surface area contributed by atoms with Gasteiger partial charge in [-0.2, -0.15) is 0 Å². The predicted octanol–water partition coefficient (Wildman–Crippen LogP) is 1.53. The smallest absolute Gasteiger partial charge is 0.231 e. The third kappa shape index (κ3) is 1.37. The summed E-state index contributed by atoms with van der Waals surface area (Å²) in [7, 11) is 0. The van der Waals surface area contributed by atoms with Crippen LogP contribution in [0.2, 0.25) is 0 Å². The van der Waals surface area contributed by atoms with Gasteiger partial charge in [-0.3, -0.25) is 0 Å². The van der Waals surface area contributed by atoms with Crippen LogP contribution in [-0.4, -0.2) is 29.2 Å². The van der Waals surface area contributed by atoms with Crippen molar-refractivity contribution in [2.24, 2.45) is 11.8 Å². The first kappa shape index (κ1) is 12.1. The number of aliphatic hydroxyl groups excluding tert-OH is 2. The number of hydrogen-bond acceptors (Lipinski definition) is 4. The Labute approximate surface area is 123 Å². The molecular formula is C17H18O4. The molecule has 0 amide bonds. The van der Waals surface area contributed by atoms with E-state index in [9.17, 15) is 10.2 Å². The molecular weight excluding hydrogens is 268 g/mol. The maximum absolute atomic E-state index is 10.8. The highest BCUT2D eigenvalue weighted by Gasteiger charge is 2.59. The van der Waals surface area contributed by atoms with Gasteiger partial charge < -0.3 is 19.7 Å². The molecule has 21 heavy (non-hydrogen) atoms. The van der Waals surface area contributed by atoms with Gasteiger partial charge in [0.2, 0.25) is 6.79 Å². The Balaban J connectivity index is 1.76. The lowest BCUT2D eigenvalue weighted by Gasteiger charge is -2.45. The van der Waals surface area contributed by atoms with Gasteiger partial charge in [-0.1, -0.05) is 12.2 Å². The van der Waals surface area contributed by atoms with Crippen LogP contribution in [0.5, 0.6) is 11.5 Å². The Morgan fingerprint density at radius 2 is 1.90 bits per heavy atom. The van der Waals surface area contributed by atoms with Crippen LogP contribution in [0.3, 0.4) is 0 Å². The van der Waals surface area contributed by atoms with Gasteiger partial charge in [-0.05, 0) is 54.4 Å². The van der Waals surface area contributed by atoms with Gasteiger partial charge in [-0.15, -0.1) is 0 Å². The molecule has 4 aliphatic rings. The first-order valence-electron chi connectivity index (χ1n) is 7.67. The summed E-state index contributed by atoms with van der Waals surface area (Å²) in [6.07, 6.45) is 5.65. The van der Waals surface area contributed by atoms with Crippen LogP contribution in [0.15, 0.2) is 24.3 Å². The fourth-order valence-corrected chi connectivity index (χ4v) is 5.05. The molecule has 0 radical (unpaired) electrons. The minimum Gasteiger partial charge on any atom is -0.454 e. The summed E-state index contributed by atoms with van der Waals surface area (Å²) in [4.78, 5) is 0. The van der Waals surface area contributed by atoms with Crippen LogP contribution < -0.4 is 9.47 Å². The zero-order valence-corrected chi connectivity index (χ0v) is 11.7. The summed E-state index contributed by atoms with van der Waals surface area (Å²) < 4.78 is 11.0. The van der Waals surface area contributed by atoms with Crippen molar-refractivity contribution in [1.29, 1.82) is 0 Å². The van der Waals surface area contributed by atoms with Crippen molar-refractivity contribution in [3.63, 3.8) is 0 Å². The average molecular weight is 286 g/mol. The summed E-state index contributed by atoms with van der Waals surface area (Å²) in [5, 5.41) is 20.7. The van der Waals surface area contributed by atoms with Gasteiger partial charge in [0.15, 0.2) is 11.5 Å². The van der Waals surface area contributed by atoms with Crippen LogP contribution in [0, 0.1) is 11.8 Å². The van der Waals surface area contributed by atoms with Crippen molar-refractivity contribution in [2.45, 2.75) is 36.9 Å². The van der Waals surface area contributed by atoms with E-state index in [2.05, 4.69) is 18.2 Å². The molecule has 5 unspecified atom stereocenters. The highest BCUT2D eigenvalue weighted by molar-refractivity contribution is 5.56. The second kappa shape index (κ2) is 3.81. The minimum atomic E-state index is -0.383. The van der Waals surface area contributed by atoms with Crippen molar-refractivity contribution < 1.29 is 19.7 Å². The quantitative estimate of drug-likeness (QED) is 0.710. The van der Waals surface area contributed by atoms with Crippen molar-refractivity contribution in [3.05, 3.63) is 35.4 Å². The van der Waals surface area contributed by atoms with Gasteiger partial charge in [-0.25, -0.2) is 0 Å². The zero-order valence-electron chi connectivity index (χ0n) is 11.7. The first-order valence-corrected chi connectivity index (χ1v) is 7.67. The van der Waals surface area contributed by atoms with Gasteiger partial charge in [0.25, 0.3) is 0 Å². The average Bonchev–Trinajstić information content (AvgIpc) is 2.99. The van der Waals surface area contributed by atoms with E-state index < -0.39 is 0 Å². The Bertz CT molecular complexity index is 652. The van der Waals surface area contributed by atoms with Crippen molar-refractivity contribution in [3.8, 4) is 11.5 Å². The highest BCUT2D eigenvalue weighted by atomic mass is 16.7. The molecule has 2 N–H and O–H groups in total. The van der Waals surface area contributed by atoms with Gasteiger partial charge >= 0.3 is 0 Å². The third-order valence-corrected chi connectivity index (χ3v) is 5.90. The molecule has 0 spiro atoms. The number of ether oxygens (including phenoxy) is 2. The van der Waals surface area contributed by atoms with Crippen LogP contribution >= 0.6 is 0 Å². The summed E-state index contributed by atoms with van der Waals surface area (Å²) in [6.45, 7) is 0.273. The molecule has 5 atom stereocenters. The lowest BCUT2D eigenvalue weighted by atomic mass is 9.60. The third-order valence-electron chi connectivity index (χ3n) is 5.90. The molecule has 1 aromatic rings. The van der Waals surface area contributed by atoms with Crippen molar-refractivity contribution in [1.82, 2.24) is 0 Å². The number of fused-ring (bicyclic) bond motifs is 2. The summed E-state index contributed by atoms with van der Waals surface area (Å²) in [5.41, 5.74) is 2.08. The fraction of sp³-hybridized carbons (Fsp3) is 0.529. The largest absolute Gasteiger partial charge is 0.454 e. The molecule has 1 aliphatic heterocycles. The number of aliphatic hydroxyl groups is 2. The molecule has 4 nitrogen and oxygen atoms in total. The highest BCUT2D eigenvalue weighted by Crippen LogP contribution is 2.60. The minimum absolute atomic E-state index is 0.273. The van der Waals surface area contributed by atoms with E-state index in [1.165, 1.54) is 11.1 Å². The normalized spacial score (nSPS) is 41.8. The van der Waals surface area contributed by atoms with Crippen LogP contribution in [0.4, 0.5) is 0 Å². The van der Waals surface area contributed by atoms with E-state index in [0.717, 1.165) is 30.8 Å². The molecule has 1 heterocycles. The number of benzene rings is 1. The van der Waals surface area contributed by atoms with Crippen LogP contribution in [-0.2, 0) is 11.8 Å². The van der Waals surface area contributed by atoms with Crippen LogP contribution in [0.1, 0.15) is 24.0 Å². The Morgan fingerprint density at radius 1 is 1.10 bits per heavy atom. The Hall–Kier alpha value is -1.52. The molecule has 0 aromatic heterocycles. The van der Waals surface area contributed by atoms with Crippen molar-refractivity contribution >= 4 is 0 Å². The first-order chi connectivity index (χ1) is 10.2. The lowest BCUT2D eigenvalue weighted by Crippen LogP contribution is -2.46. The monoisotopic (exact) mass is 286 g/mol.